The van der Waals surface area contributed by atoms with Gasteiger partial charge in [0, 0.05) is 28.7 Å². The quantitative estimate of drug-likeness (QED) is 0.672. The zero-order valence-electron chi connectivity index (χ0n) is 12.8. The zero-order valence-corrected chi connectivity index (χ0v) is 13.6. The van der Waals surface area contributed by atoms with Crippen molar-refractivity contribution in [3.05, 3.63) is 0 Å². The summed E-state index contributed by atoms with van der Waals surface area (Å²) >= 11 is 0. The van der Waals surface area contributed by atoms with Crippen molar-refractivity contribution in [3.63, 3.8) is 0 Å². The van der Waals surface area contributed by atoms with Crippen molar-refractivity contribution in [3.8, 4) is 0 Å². The van der Waals surface area contributed by atoms with Gasteiger partial charge in [0.25, 0.3) is 0 Å². The summed E-state index contributed by atoms with van der Waals surface area (Å²) in [4.78, 5) is 0. The molecule has 1 heterocycles. The Morgan fingerprint density at radius 1 is 1.32 bits per heavy atom. The van der Waals surface area contributed by atoms with Crippen molar-refractivity contribution in [2.45, 2.75) is 76.7 Å². The van der Waals surface area contributed by atoms with E-state index < -0.39 is 10.8 Å². The van der Waals surface area contributed by atoms with E-state index in [0.29, 0.717) is 6.04 Å². The molecule has 0 saturated carbocycles. The van der Waals surface area contributed by atoms with Crippen molar-refractivity contribution in [1.82, 2.24) is 5.32 Å². The highest BCUT2D eigenvalue weighted by Crippen LogP contribution is 2.18. The summed E-state index contributed by atoms with van der Waals surface area (Å²) in [5.74, 6) is 0.729. The Bertz CT molecular complexity index is 255. The van der Waals surface area contributed by atoms with Crippen molar-refractivity contribution in [1.29, 1.82) is 0 Å². The maximum absolute atomic E-state index is 12.6. The minimum absolute atomic E-state index is 0.239. The second kappa shape index (κ2) is 9.89. The van der Waals surface area contributed by atoms with Gasteiger partial charge in [0.1, 0.15) is 0 Å². The van der Waals surface area contributed by atoms with Gasteiger partial charge in [-0.1, -0.05) is 27.2 Å². The Balaban J connectivity index is 2.52. The van der Waals surface area contributed by atoms with Gasteiger partial charge in [-0.3, -0.25) is 4.21 Å². The maximum atomic E-state index is 12.6. The number of hydrogen-bond donors (Lipinski definition) is 1. The Morgan fingerprint density at radius 2 is 2.11 bits per heavy atom. The fourth-order valence-electron chi connectivity index (χ4n) is 2.80. The van der Waals surface area contributed by atoms with Crippen LogP contribution in [0.15, 0.2) is 0 Å². The van der Waals surface area contributed by atoms with Gasteiger partial charge in [-0.15, -0.1) is 0 Å². The van der Waals surface area contributed by atoms with Crippen molar-refractivity contribution in [2.75, 3.05) is 18.9 Å². The summed E-state index contributed by atoms with van der Waals surface area (Å²) in [6.07, 6.45) is 6.85. The molecule has 19 heavy (non-hydrogen) atoms. The fourth-order valence-corrected chi connectivity index (χ4v) is 4.64. The van der Waals surface area contributed by atoms with Gasteiger partial charge < -0.3 is 10.1 Å². The van der Waals surface area contributed by atoms with Gasteiger partial charge in [0.05, 0.1) is 11.9 Å². The van der Waals surface area contributed by atoms with Crippen LogP contribution in [0.4, 0.5) is 0 Å². The Labute approximate surface area is 121 Å². The van der Waals surface area contributed by atoms with Crippen LogP contribution in [0.2, 0.25) is 0 Å². The summed E-state index contributed by atoms with van der Waals surface area (Å²) in [5.41, 5.74) is 0. The average Bonchev–Trinajstić information content (AvgIpc) is 2.89. The van der Waals surface area contributed by atoms with Gasteiger partial charge in [-0.25, -0.2) is 0 Å². The Morgan fingerprint density at radius 3 is 2.63 bits per heavy atom. The van der Waals surface area contributed by atoms with E-state index in [4.69, 9.17) is 4.74 Å². The van der Waals surface area contributed by atoms with E-state index >= 15 is 0 Å². The molecule has 1 saturated heterocycles. The molecule has 0 aromatic carbocycles. The van der Waals surface area contributed by atoms with Gasteiger partial charge in [0.15, 0.2) is 0 Å². The number of hydrogen-bond acceptors (Lipinski definition) is 3. The van der Waals surface area contributed by atoms with Crippen LogP contribution in [0.3, 0.4) is 0 Å². The summed E-state index contributed by atoms with van der Waals surface area (Å²) < 4.78 is 18.2. The predicted molar refractivity (Wildman–Crippen MR) is 83.1 cm³/mol. The van der Waals surface area contributed by atoms with Crippen LogP contribution in [-0.2, 0) is 15.5 Å². The molecule has 4 unspecified atom stereocenters. The van der Waals surface area contributed by atoms with Crippen LogP contribution >= 0.6 is 0 Å². The molecular formula is C15H31NO2S. The van der Waals surface area contributed by atoms with E-state index in [1.807, 2.05) is 0 Å². The van der Waals surface area contributed by atoms with Crippen molar-refractivity contribution in [2.24, 2.45) is 0 Å². The van der Waals surface area contributed by atoms with Crippen LogP contribution in [0.25, 0.3) is 0 Å². The second-order valence-corrected chi connectivity index (χ2v) is 7.18. The number of rotatable bonds is 10. The molecule has 114 valence electrons. The van der Waals surface area contributed by atoms with E-state index in [9.17, 15) is 4.21 Å². The molecule has 1 rings (SSSR count). The Kier molecular flexibility index (Phi) is 8.92. The summed E-state index contributed by atoms with van der Waals surface area (Å²) in [7, 11) is -0.770. The zero-order chi connectivity index (χ0) is 14.1. The van der Waals surface area contributed by atoms with Crippen LogP contribution in [-0.4, -0.2) is 40.5 Å². The van der Waals surface area contributed by atoms with Crippen LogP contribution in [0.5, 0.6) is 0 Å². The van der Waals surface area contributed by atoms with Gasteiger partial charge >= 0.3 is 0 Å². The standard InChI is InChI=1S/C15H31NO2S/c1-4-8-14(16-10-5-2)15(6-3)19(17)12-13-9-7-11-18-13/h13-16H,4-12H2,1-3H3. The van der Waals surface area contributed by atoms with E-state index in [0.717, 1.165) is 57.4 Å². The lowest BCUT2D eigenvalue weighted by Crippen LogP contribution is -2.43. The van der Waals surface area contributed by atoms with Gasteiger partial charge in [-0.05, 0) is 38.6 Å². The van der Waals surface area contributed by atoms with Crippen LogP contribution in [0, 0.1) is 0 Å². The first-order valence-electron chi connectivity index (χ1n) is 7.95. The first-order chi connectivity index (χ1) is 9.22. The summed E-state index contributed by atoms with van der Waals surface area (Å²) in [5, 5.41) is 3.87. The lowest BCUT2D eigenvalue weighted by molar-refractivity contribution is 0.128. The second-order valence-electron chi connectivity index (χ2n) is 5.48. The topological polar surface area (TPSA) is 38.3 Å². The first-order valence-corrected chi connectivity index (χ1v) is 9.33. The lowest BCUT2D eigenvalue weighted by Gasteiger charge is -2.27. The lowest BCUT2D eigenvalue weighted by atomic mass is 10.1. The predicted octanol–water partition coefficient (Wildman–Crippen LogP) is 2.86. The molecule has 1 aliphatic heterocycles. The molecule has 0 aromatic rings. The Hall–Kier alpha value is 0.0700. The van der Waals surface area contributed by atoms with Gasteiger partial charge in [-0.2, -0.15) is 0 Å². The minimum atomic E-state index is -0.770. The summed E-state index contributed by atoms with van der Waals surface area (Å²) in [6, 6.07) is 0.400. The maximum Gasteiger partial charge on any atom is 0.0691 e. The number of nitrogens with one attached hydrogen (secondary N) is 1. The molecule has 1 fully saturated rings. The largest absolute Gasteiger partial charge is 0.377 e. The minimum Gasteiger partial charge on any atom is -0.377 e. The molecule has 3 nitrogen and oxygen atoms in total. The molecule has 0 amide bonds. The normalized spacial score (nSPS) is 24.3. The average molecular weight is 289 g/mol. The number of ether oxygens (including phenoxy) is 1. The van der Waals surface area contributed by atoms with Crippen LogP contribution < -0.4 is 5.32 Å². The SMILES string of the molecule is CCCNC(CCC)C(CC)S(=O)CC1CCCO1. The van der Waals surface area contributed by atoms with Crippen molar-refractivity contribution >= 4 is 10.8 Å². The van der Waals surface area contributed by atoms with Gasteiger partial charge in [0.2, 0.25) is 0 Å². The molecule has 0 radical (unpaired) electrons. The molecule has 1 N–H and O–H groups in total. The molecule has 4 heteroatoms. The third kappa shape index (κ3) is 5.92. The highest BCUT2D eigenvalue weighted by Gasteiger charge is 2.27. The van der Waals surface area contributed by atoms with Crippen LogP contribution in [0.1, 0.15) is 59.3 Å². The molecular weight excluding hydrogens is 258 g/mol. The third-order valence-corrected chi connectivity index (χ3v) is 5.86. The monoisotopic (exact) mass is 289 g/mol. The van der Waals surface area contributed by atoms with Crippen molar-refractivity contribution < 1.29 is 8.95 Å². The molecule has 4 atom stereocenters. The molecule has 0 spiro atoms. The van der Waals surface area contributed by atoms with E-state index in [-0.39, 0.29) is 11.4 Å². The first kappa shape index (κ1) is 17.1. The smallest absolute Gasteiger partial charge is 0.0691 e. The molecule has 0 aliphatic carbocycles. The molecule has 0 aromatic heterocycles. The highest BCUT2D eigenvalue weighted by molar-refractivity contribution is 7.85. The summed E-state index contributed by atoms with van der Waals surface area (Å²) in [6.45, 7) is 8.43. The fraction of sp³-hybridized carbons (Fsp3) is 1.00. The highest BCUT2D eigenvalue weighted by atomic mass is 32.2. The van der Waals surface area contributed by atoms with E-state index in [2.05, 4.69) is 26.1 Å². The molecule has 0 bridgehead atoms. The third-order valence-electron chi connectivity index (χ3n) is 3.82. The van der Waals surface area contributed by atoms with E-state index in [1.54, 1.807) is 0 Å². The molecule has 1 aliphatic rings. The van der Waals surface area contributed by atoms with E-state index in [1.165, 1.54) is 0 Å².